The summed E-state index contributed by atoms with van der Waals surface area (Å²) < 4.78 is 39.1. The van der Waals surface area contributed by atoms with Crippen molar-refractivity contribution in [1.82, 2.24) is 5.32 Å². The van der Waals surface area contributed by atoms with E-state index >= 15 is 0 Å². The Hall–Kier alpha value is -1.88. The highest BCUT2D eigenvalue weighted by molar-refractivity contribution is 7.82. The van der Waals surface area contributed by atoms with Crippen LogP contribution in [0.4, 0.5) is 23.7 Å². The minimum absolute atomic E-state index is 0.0618. The predicted octanol–water partition coefficient (Wildman–Crippen LogP) is 3.35. The van der Waals surface area contributed by atoms with Crippen LogP contribution in [0.2, 0.25) is 0 Å². The largest absolute Gasteiger partial charge is 0.417 e. The van der Waals surface area contributed by atoms with Gasteiger partial charge in [0.05, 0.1) is 22.9 Å². The Morgan fingerprint density at radius 2 is 2.15 bits per heavy atom. The van der Waals surface area contributed by atoms with Crippen molar-refractivity contribution in [3.63, 3.8) is 0 Å². The van der Waals surface area contributed by atoms with Crippen molar-refractivity contribution < 1.29 is 18.0 Å². The van der Waals surface area contributed by atoms with Gasteiger partial charge in [0, 0.05) is 6.54 Å². The quantitative estimate of drug-likeness (QED) is 0.841. The molecule has 0 unspecified atom stereocenters. The van der Waals surface area contributed by atoms with Crippen molar-refractivity contribution in [2.75, 3.05) is 10.8 Å². The number of hydrogen-bond acceptors (Lipinski definition) is 3. The lowest BCUT2D eigenvalue weighted by molar-refractivity contribution is -0.137. The Labute approximate surface area is 119 Å². The zero-order valence-electron chi connectivity index (χ0n) is 10.5. The van der Waals surface area contributed by atoms with Gasteiger partial charge in [-0.05, 0) is 24.6 Å². The summed E-state index contributed by atoms with van der Waals surface area (Å²) in [5, 5.41) is 11.2. The third kappa shape index (κ3) is 3.81. The van der Waals surface area contributed by atoms with Crippen LogP contribution in [-0.4, -0.2) is 12.6 Å². The first kappa shape index (κ1) is 16.2. The molecule has 4 nitrogen and oxygen atoms in total. The molecule has 108 valence electrons. The van der Waals surface area contributed by atoms with Gasteiger partial charge >= 0.3 is 12.2 Å². The average Bonchev–Trinajstić information content (AvgIpc) is 2.42. The summed E-state index contributed by atoms with van der Waals surface area (Å²) in [5.41, 5.74) is -1.66. The monoisotopic (exact) mass is 303 g/mol. The predicted molar refractivity (Wildman–Crippen MR) is 71.3 cm³/mol. The lowest BCUT2D eigenvalue weighted by Gasteiger charge is -2.18. The first-order valence-corrected chi connectivity index (χ1v) is 6.09. The highest BCUT2D eigenvalue weighted by Gasteiger charge is 2.34. The number of carbonyl (C=O) groups is 1. The third-order valence-electron chi connectivity index (χ3n) is 2.39. The molecular formula is C12H12F3N3OS. The van der Waals surface area contributed by atoms with Gasteiger partial charge in [0.2, 0.25) is 0 Å². The van der Waals surface area contributed by atoms with Crippen LogP contribution >= 0.6 is 12.8 Å². The van der Waals surface area contributed by atoms with Crippen molar-refractivity contribution >= 4 is 24.5 Å². The molecule has 0 heterocycles. The molecule has 0 fully saturated rings. The number of anilines is 1. The number of carbonyl (C=O) groups excluding carboxylic acids is 1. The number of urea groups is 1. The standard InChI is InChI=1S/C12H12F3N3OS/c1-2-5-17-11(19)18(20)9-4-3-8(7-16)10(6-9)12(13,14)15/h3-4,6,20H,2,5H2,1H3,(H,17,19). The highest BCUT2D eigenvalue weighted by atomic mass is 32.1. The maximum atomic E-state index is 12.8. The zero-order chi connectivity index (χ0) is 15.3. The van der Waals surface area contributed by atoms with Gasteiger partial charge < -0.3 is 5.32 Å². The molecule has 0 bridgehead atoms. The number of nitriles is 1. The fourth-order valence-corrected chi connectivity index (χ4v) is 1.62. The maximum absolute atomic E-state index is 12.8. The van der Waals surface area contributed by atoms with Crippen molar-refractivity contribution in [2.24, 2.45) is 0 Å². The molecule has 1 aromatic carbocycles. The molecule has 2 amide bonds. The van der Waals surface area contributed by atoms with Gasteiger partial charge in [0.1, 0.15) is 0 Å². The maximum Gasteiger partial charge on any atom is 0.417 e. The number of rotatable bonds is 3. The Morgan fingerprint density at radius 3 is 2.65 bits per heavy atom. The number of nitrogens with one attached hydrogen (secondary N) is 1. The van der Waals surface area contributed by atoms with Crippen molar-refractivity contribution in [2.45, 2.75) is 19.5 Å². The Morgan fingerprint density at radius 1 is 1.50 bits per heavy atom. The molecule has 0 saturated heterocycles. The fraction of sp³-hybridized carbons (Fsp3) is 0.333. The summed E-state index contributed by atoms with van der Waals surface area (Å²) in [7, 11) is 0. The average molecular weight is 303 g/mol. The lowest BCUT2D eigenvalue weighted by Crippen LogP contribution is -2.34. The molecule has 1 aromatic rings. The van der Waals surface area contributed by atoms with Gasteiger partial charge in [0.15, 0.2) is 0 Å². The van der Waals surface area contributed by atoms with E-state index < -0.39 is 23.3 Å². The van der Waals surface area contributed by atoms with Gasteiger partial charge in [-0.25, -0.2) is 9.10 Å². The lowest BCUT2D eigenvalue weighted by atomic mass is 10.1. The molecule has 8 heteroatoms. The Bertz CT molecular complexity index is 540. The van der Waals surface area contributed by atoms with Gasteiger partial charge in [-0.2, -0.15) is 18.4 Å². The van der Waals surface area contributed by atoms with Crippen molar-refractivity contribution in [3.05, 3.63) is 29.3 Å². The molecule has 0 radical (unpaired) electrons. The number of thiol groups is 1. The second kappa shape index (κ2) is 6.52. The smallest absolute Gasteiger partial charge is 0.337 e. The van der Waals surface area contributed by atoms with E-state index in [9.17, 15) is 18.0 Å². The molecule has 0 atom stereocenters. The minimum atomic E-state index is -4.67. The van der Waals surface area contributed by atoms with Crippen molar-refractivity contribution in [1.29, 1.82) is 5.26 Å². The van der Waals surface area contributed by atoms with E-state index in [2.05, 4.69) is 18.1 Å². The SMILES string of the molecule is CCCNC(=O)N(S)c1ccc(C#N)c(C(F)(F)F)c1. The number of halogens is 3. The Balaban J connectivity index is 3.09. The van der Waals surface area contributed by atoms with Crippen LogP contribution in [0, 0.1) is 11.3 Å². The van der Waals surface area contributed by atoms with Crippen LogP contribution in [0.15, 0.2) is 18.2 Å². The molecule has 0 saturated carbocycles. The van der Waals surface area contributed by atoms with Crippen LogP contribution in [0.1, 0.15) is 24.5 Å². The van der Waals surface area contributed by atoms with Crippen LogP contribution in [0.3, 0.4) is 0 Å². The number of alkyl halides is 3. The first-order valence-electron chi connectivity index (χ1n) is 5.69. The molecule has 0 aliphatic rings. The van der Waals surface area contributed by atoms with E-state index in [4.69, 9.17) is 5.26 Å². The number of benzene rings is 1. The van der Waals surface area contributed by atoms with Crippen LogP contribution in [0.5, 0.6) is 0 Å². The van der Waals surface area contributed by atoms with E-state index in [1.165, 1.54) is 12.1 Å². The third-order valence-corrected chi connectivity index (χ3v) is 2.80. The van der Waals surface area contributed by atoms with E-state index in [0.29, 0.717) is 13.0 Å². The molecule has 0 aliphatic carbocycles. The molecule has 0 spiro atoms. The van der Waals surface area contributed by atoms with Crippen LogP contribution < -0.4 is 9.62 Å². The van der Waals surface area contributed by atoms with Gasteiger partial charge in [0.25, 0.3) is 0 Å². The summed E-state index contributed by atoms with van der Waals surface area (Å²) in [6.45, 7) is 2.23. The van der Waals surface area contributed by atoms with E-state index in [0.717, 1.165) is 16.4 Å². The highest BCUT2D eigenvalue weighted by Crippen LogP contribution is 2.34. The first-order chi connectivity index (χ1) is 9.31. The summed E-state index contributed by atoms with van der Waals surface area (Å²) in [5.74, 6) is 0. The topological polar surface area (TPSA) is 56.1 Å². The van der Waals surface area contributed by atoms with E-state index in [1.54, 1.807) is 0 Å². The Kier molecular flexibility index (Phi) is 5.27. The van der Waals surface area contributed by atoms with Crippen LogP contribution in [-0.2, 0) is 6.18 Å². The summed E-state index contributed by atoms with van der Waals surface area (Å²) in [6, 6.07) is 3.79. The number of hydrogen-bond donors (Lipinski definition) is 2. The molecule has 0 aliphatic heterocycles. The second-order valence-electron chi connectivity index (χ2n) is 3.88. The molecule has 20 heavy (non-hydrogen) atoms. The van der Waals surface area contributed by atoms with Gasteiger partial charge in [-0.3, -0.25) is 0 Å². The van der Waals surface area contributed by atoms with Crippen LogP contribution in [0.25, 0.3) is 0 Å². The molecular weight excluding hydrogens is 291 g/mol. The molecule has 1 N–H and O–H groups in total. The molecule has 1 rings (SSSR count). The summed E-state index contributed by atoms with van der Waals surface area (Å²) >= 11 is 3.86. The normalized spacial score (nSPS) is 10.8. The van der Waals surface area contributed by atoms with E-state index in [1.807, 2.05) is 6.92 Å². The van der Waals surface area contributed by atoms with Crippen molar-refractivity contribution in [3.8, 4) is 6.07 Å². The second-order valence-corrected chi connectivity index (χ2v) is 4.28. The van der Waals surface area contributed by atoms with Gasteiger partial charge in [-0.1, -0.05) is 19.7 Å². The van der Waals surface area contributed by atoms with E-state index in [-0.39, 0.29) is 5.69 Å². The summed E-state index contributed by atoms with van der Waals surface area (Å²) in [6.07, 6.45) is -3.98. The minimum Gasteiger partial charge on any atom is -0.337 e. The van der Waals surface area contributed by atoms with Gasteiger partial charge in [-0.15, -0.1) is 0 Å². The fourth-order valence-electron chi connectivity index (χ4n) is 1.42. The number of nitrogens with zero attached hydrogens (tertiary/aromatic N) is 2. The summed E-state index contributed by atoms with van der Waals surface area (Å²) in [4.78, 5) is 11.6. The number of amides is 2. The zero-order valence-corrected chi connectivity index (χ0v) is 11.4. The molecule has 0 aromatic heterocycles.